The number of aromatic nitrogens is 2. The summed E-state index contributed by atoms with van der Waals surface area (Å²) in [5.41, 5.74) is 7.85. The number of nitrogens with zero attached hydrogens (tertiary/aromatic N) is 2. The van der Waals surface area contributed by atoms with Gasteiger partial charge < -0.3 is 5.73 Å². The fourth-order valence-electron chi connectivity index (χ4n) is 2.21. The first kappa shape index (κ1) is 12.1. The Balaban J connectivity index is 1.98. The molecule has 0 saturated carbocycles. The van der Waals surface area contributed by atoms with Crippen molar-refractivity contribution in [2.24, 2.45) is 0 Å². The summed E-state index contributed by atoms with van der Waals surface area (Å²) in [5.74, 6) is 0.521. The molecule has 19 heavy (non-hydrogen) atoms. The second kappa shape index (κ2) is 4.59. The zero-order chi connectivity index (χ0) is 13.4. The van der Waals surface area contributed by atoms with Crippen molar-refractivity contribution in [3.05, 3.63) is 58.7 Å². The van der Waals surface area contributed by atoms with Crippen LogP contribution in [0.15, 0.2) is 42.5 Å². The molecular weight excluding hydrogens is 258 g/mol. The van der Waals surface area contributed by atoms with Crippen molar-refractivity contribution in [2.75, 3.05) is 5.73 Å². The largest absolute Gasteiger partial charge is 0.383 e. The van der Waals surface area contributed by atoms with Crippen LogP contribution in [0, 0.1) is 6.92 Å². The fourth-order valence-corrected chi connectivity index (χ4v) is 2.34. The molecule has 1 heterocycles. The first-order valence-electron chi connectivity index (χ1n) is 6.11. The molecule has 3 rings (SSSR count). The predicted molar refractivity (Wildman–Crippen MR) is 79.4 cm³/mol. The minimum atomic E-state index is 0.521. The summed E-state index contributed by atoms with van der Waals surface area (Å²) < 4.78 is 1.74. The number of hydrogen-bond acceptors (Lipinski definition) is 2. The van der Waals surface area contributed by atoms with Crippen molar-refractivity contribution in [3.8, 4) is 0 Å². The quantitative estimate of drug-likeness (QED) is 0.773. The number of nitrogen functional groups attached to an aromatic ring is 1. The lowest BCUT2D eigenvalue weighted by molar-refractivity contribution is 0.690. The van der Waals surface area contributed by atoms with E-state index in [1.807, 2.05) is 19.1 Å². The van der Waals surface area contributed by atoms with E-state index in [4.69, 9.17) is 17.3 Å². The molecule has 0 aliphatic rings. The Morgan fingerprint density at radius 2 is 1.89 bits per heavy atom. The molecule has 0 aliphatic heterocycles. The molecule has 3 nitrogen and oxygen atoms in total. The lowest BCUT2D eigenvalue weighted by Gasteiger charge is -2.06. The number of rotatable bonds is 2. The SMILES string of the molecule is Cc1nn(Cc2ccc3ccccc3c2)c(N)c1Cl. The van der Waals surface area contributed by atoms with Crippen LogP contribution in [-0.4, -0.2) is 9.78 Å². The van der Waals surface area contributed by atoms with E-state index in [0.29, 0.717) is 17.4 Å². The van der Waals surface area contributed by atoms with Gasteiger partial charge in [-0.2, -0.15) is 5.10 Å². The summed E-state index contributed by atoms with van der Waals surface area (Å²) in [4.78, 5) is 0. The highest BCUT2D eigenvalue weighted by Crippen LogP contribution is 2.23. The Morgan fingerprint density at radius 3 is 2.58 bits per heavy atom. The maximum absolute atomic E-state index is 6.05. The third-order valence-electron chi connectivity index (χ3n) is 3.24. The van der Waals surface area contributed by atoms with Crippen LogP contribution in [0.1, 0.15) is 11.3 Å². The van der Waals surface area contributed by atoms with Crippen molar-refractivity contribution in [1.82, 2.24) is 9.78 Å². The van der Waals surface area contributed by atoms with Gasteiger partial charge in [0.2, 0.25) is 0 Å². The molecule has 96 valence electrons. The summed E-state index contributed by atoms with van der Waals surface area (Å²) in [6.45, 7) is 2.49. The van der Waals surface area contributed by atoms with Crippen LogP contribution in [-0.2, 0) is 6.54 Å². The molecule has 0 radical (unpaired) electrons. The third-order valence-corrected chi connectivity index (χ3v) is 3.70. The number of anilines is 1. The highest BCUT2D eigenvalue weighted by Gasteiger charge is 2.10. The third kappa shape index (κ3) is 2.17. The van der Waals surface area contributed by atoms with Gasteiger partial charge in [0.15, 0.2) is 0 Å². The van der Waals surface area contributed by atoms with Crippen LogP contribution < -0.4 is 5.73 Å². The minimum absolute atomic E-state index is 0.521. The number of benzene rings is 2. The zero-order valence-electron chi connectivity index (χ0n) is 10.6. The van der Waals surface area contributed by atoms with Crippen LogP contribution >= 0.6 is 11.6 Å². The van der Waals surface area contributed by atoms with Gasteiger partial charge in [0.25, 0.3) is 0 Å². The Labute approximate surface area is 116 Å². The lowest BCUT2D eigenvalue weighted by atomic mass is 10.1. The van der Waals surface area contributed by atoms with E-state index in [9.17, 15) is 0 Å². The van der Waals surface area contributed by atoms with Crippen molar-refractivity contribution >= 4 is 28.2 Å². The molecule has 0 amide bonds. The van der Waals surface area contributed by atoms with E-state index in [0.717, 1.165) is 11.3 Å². The molecule has 0 unspecified atom stereocenters. The number of aryl methyl sites for hydroxylation is 1. The first-order valence-corrected chi connectivity index (χ1v) is 6.49. The van der Waals surface area contributed by atoms with Gasteiger partial charge in [-0.15, -0.1) is 0 Å². The van der Waals surface area contributed by atoms with E-state index in [2.05, 4.69) is 35.4 Å². The summed E-state index contributed by atoms with van der Waals surface area (Å²) in [6.07, 6.45) is 0. The molecule has 2 N–H and O–H groups in total. The normalized spacial score (nSPS) is 11.1. The molecular formula is C15H14ClN3. The number of fused-ring (bicyclic) bond motifs is 1. The monoisotopic (exact) mass is 271 g/mol. The van der Waals surface area contributed by atoms with Gasteiger partial charge in [-0.05, 0) is 29.3 Å². The van der Waals surface area contributed by atoms with Crippen molar-refractivity contribution < 1.29 is 0 Å². The maximum atomic E-state index is 6.05. The van der Waals surface area contributed by atoms with Gasteiger partial charge in [0, 0.05) is 0 Å². The van der Waals surface area contributed by atoms with Gasteiger partial charge in [-0.3, -0.25) is 0 Å². The second-order valence-electron chi connectivity index (χ2n) is 4.62. The molecule has 0 spiro atoms. The molecule has 0 fully saturated rings. The molecule has 0 aliphatic carbocycles. The van der Waals surface area contributed by atoms with Crippen LogP contribution in [0.4, 0.5) is 5.82 Å². The van der Waals surface area contributed by atoms with Crippen LogP contribution in [0.25, 0.3) is 10.8 Å². The van der Waals surface area contributed by atoms with Crippen molar-refractivity contribution in [2.45, 2.75) is 13.5 Å². The van der Waals surface area contributed by atoms with E-state index < -0.39 is 0 Å². The summed E-state index contributed by atoms with van der Waals surface area (Å²) in [5, 5.41) is 7.33. The Morgan fingerprint density at radius 1 is 1.16 bits per heavy atom. The predicted octanol–water partition coefficient (Wildman–Crippen LogP) is 3.63. The fraction of sp³-hybridized carbons (Fsp3) is 0.133. The molecule has 0 atom stereocenters. The maximum Gasteiger partial charge on any atom is 0.141 e. The van der Waals surface area contributed by atoms with Gasteiger partial charge in [-0.1, -0.05) is 48.0 Å². The van der Waals surface area contributed by atoms with Crippen molar-refractivity contribution in [3.63, 3.8) is 0 Å². The lowest BCUT2D eigenvalue weighted by Crippen LogP contribution is -2.06. The smallest absolute Gasteiger partial charge is 0.141 e. The Kier molecular flexibility index (Phi) is 2.91. The molecule has 0 bridgehead atoms. The summed E-state index contributed by atoms with van der Waals surface area (Å²) in [7, 11) is 0. The van der Waals surface area contributed by atoms with E-state index in [-0.39, 0.29) is 0 Å². The molecule has 2 aromatic carbocycles. The van der Waals surface area contributed by atoms with Crippen LogP contribution in [0.5, 0.6) is 0 Å². The van der Waals surface area contributed by atoms with Crippen molar-refractivity contribution in [1.29, 1.82) is 0 Å². The molecule has 1 aromatic heterocycles. The minimum Gasteiger partial charge on any atom is -0.383 e. The Bertz CT molecular complexity index is 746. The van der Waals surface area contributed by atoms with Crippen LogP contribution in [0.2, 0.25) is 5.02 Å². The topological polar surface area (TPSA) is 43.8 Å². The standard InChI is InChI=1S/C15H14ClN3/c1-10-14(16)15(17)19(18-10)9-11-6-7-12-4-2-3-5-13(12)8-11/h2-8H,9,17H2,1H3. The highest BCUT2D eigenvalue weighted by atomic mass is 35.5. The average molecular weight is 272 g/mol. The molecule has 3 aromatic rings. The van der Waals surface area contributed by atoms with Gasteiger partial charge in [0.05, 0.1) is 12.2 Å². The molecule has 4 heteroatoms. The molecule has 0 saturated heterocycles. The van der Waals surface area contributed by atoms with Gasteiger partial charge in [-0.25, -0.2) is 4.68 Å². The average Bonchev–Trinajstić information content (AvgIpc) is 2.66. The number of halogens is 1. The zero-order valence-corrected chi connectivity index (χ0v) is 11.4. The summed E-state index contributed by atoms with van der Waals surface area (Å²) >= 11 is 6.05. The Hall–Kier alpha value is -2.00. The first-order chi connectivity index (χ1) is 9.15. The van der Waals surface area contributed by atoms with Gasteiger partial charge >= 0.3 is 0 Å². The van der Waals surface area contributed by atoms with E-state index >= 15 is 0 Å². The van der Waals surface area contributed by atoms with E-state index in [1.165, 1.54) is 10.8 Å². The highest BCUT2D eigenvalue weighted by molar-refractivity contribution is 6.33. The van der Waals surface area contributed by atoms with Crippen LogP contribution in [0.3, 0.4) is 0 Å². The summed E-state index contributed by atoms with van der Waals surface area (Å²) in [6, 6.07) is 14.6. The van der Waals surface area contributed by atoms with Gasteiger partial charge in [0.1, 0.15) is 10.8 Å². The van der Waals surface area contributed by atoms with E-state index in [1.54, 1.807) is 4.68 Å². The number of nitrogens with two attached hydrogens (primary N) is 1. The number of hydrogen-bond donors (Lipinski definition) is 1. The second-order valence-corrected chi connectivity index (χ2v) is 5.00.